The molecule has 0 spiro atoms. The number of rotatable bonds is 3. The van der Waals surface area contributed by atoms with Gasteiger partial charge in [-0.25, -0.2) is 4.98 Å². The fraction of sp³-hybridized carbons (Fsp3) is 0.182. The predicted molar refractivity (Wildman–Crippen MR) is 59.9 cm³/mol. The molecular weight excluding hydrogens is 204 g/mol. The smallest absolute Gasteiger partial charge is 0.221 e. The van der Waals surface area contributed by atoms with Gasteiger partial charge >= 0.3 is 0 Å². The molecule has 0 aliphatic rings. The van der Waals surface area contributed by atoms with Gasteiger partial charge in [-0.2, -0.15) is 5.10 Å². The first-order chi connectivity index (χ1) is 7.74. The zero-order chi connectivity index (χ0) is 11.4. The van der Waals surface area contributed by atoms with Crippen molar-refractivity contribution in [3.8, 4) is 0 Å². The molecule has 2 N–H and O–H groups in total. The van der Waals surface area contributed by atoms with Crippen LogP contribution in [0.4, 0.5) is 5.69 Å². The highest BCUT2D eigenvalue weighted by molar-refractivity contribution is 5.88. The zero-order valence-corrected chi connectivity index (χ0v) is 8.90. The molecule has 0 saturated carbocycles. The minimum Gasteiger partial charge on any atom is -0.326 e. The number of nitrogens with one attached hydrogen (secondary N) is 2. The standard InChI is InChI=1S/C11H12N4O/c1-8(16)14-10-4-2-3-9(5-10)6-11-12-7-13-15-11/h2-5,7H,6H2,1H3,(H,14,16)(H,12,13,15). The van der Waals surface area contributed by atoms with Crippen molar-refractivity contribution >= 4 is 11.6 Å². The number of anilines is 1. The molecule has 0 radical (unpaired) electrons. The summed E-state index contributed by atoms with van der Waals surface area (Å²) in [7, 11) is 0. The van der Waals surface area contributed by atoms with Crippen LogP contribution in [0.25, 0.3) is 0 Å². The highest BCUT2D eigenvalue weighted by Crippen LogP contribution is 2.12. The third-order valence-electron chi connectivity index (χ3n) is 2.08. The van der Waals surface area contributed by atoms with Crippen LogP contribution in [-0.4, -0.2) is 21.1 Å². The summed E-state index contributed by atoms with van der Waals surface area (Å²) in [5.41, 5.74) is 1.87. The fourth-order valence-corrected chi connectivity index (χ4v) is 1.47. The lowest BCUT2D eigenvalue weighted by Crippen LogP contribution is -2.05. The van der Waals surface area contributed by atoms with E-state index in [-0.39, 0.29) is 5.91 Å². The fourth-order valence-electron chi connectivity index (χ4n) is 1.47. The maximum atomic E-state index is 10.9. The molecular formula is C11H12N4O. The quantitative estimate of drug-likeness (QED) is 0.813. The van der Waals surface area contributed by atoms with Gasteiger partial charge in [-0.05, 0) is 17.7 Å². The van der Waals surface area contributed by atoms with E-state index < -0.39 is 0 Å². The third kappa shape index (κ3) is 2.66. The van der Waals surface area contributed by atoms with Gasteiger partial charge in [0, 0.05) is 19.0 Å². The van der Waals surface area contributed by atoms with Crippen LogP contribution in [0.5, 0.6) is 0 Å². The second kappa shape index (κ2) is 4.57. The number of carbonyl (C=O) groups excluding carboxylic acids is 1. The minimum atomic E-state index is -0.0724. The molecule has 16 heavy (non-hydrogen) atoms. The molecule has 0 fully saturated rings. The summed E-state index contributed by atoms with van der Waals surface area (Å²) >= 11 is 0. The van der Waals surface area contributed by atoms with E-state index in [9.17, 15) is 4.79 Å². The van der Waals surface area contributed by atoms with Crippen LogP contribution in [0, 0.1) is 0 Å². The number of H-pyrrole nitrogens is 1. The Morgan fingerprint density at radius 2 is 2.38 bits per heavy atom. The third-order valence-corrected chi connectivity index (χ3v) is 2.08. The maximum absolute atomic E-state index is 10.9. The first kappa shape index (κ1) is 10.4. The molecule has 2 rings (SSSR count). The van der Waals surface area contributed by atoms with E-state index in [0.29, 0.717) is 6.42 Å². The maximum Gasteiger partial charge on any atom is 0.221 e. The number of amides is 1. The number of aromatic amines is 1. The van der Waals surface area contributed by atoms with E-state index >= 15 is 0 Å². The first-order valence-electron chi connectivity index (χ1n) is 4.95. The Hall–Kier alpha value is -2.17. The summed E-state index contributed by atoms with van der Waals surface area (Å²) < 4.78 is 0. The zero-order valence-electron chi connectivity index (χ0n) is 8.90. The molecule has 0 aliphatic carbocycles. The number of nitrogens with zero attached hydrogens (tertiary/aromatic N) is 2. The van der Waals surface area contributed by atoms with Crippen LogP contribution < -0.4 is 5.32 Å². The van der Waals surface area contributed by atoms with E-state index in [0.717, 1.165) is 17.1 Å². The molecule has 82 valence electrons. The monoisotopic (exact) mass is 216 g/mol. The summed E-state index contributed by atoms with van der Waals surface area (Å²) in [4.78, 5) is 14.9. The Balaban J connectivity index is 2.13. The topological polar surface area (TPSA) is 70.7 Å². The summed E-state index contributed by atoms with van der Waals surface area (Å²) in [5, 5.41) is 9.32. The van der Waals surface area contributed by atoms with Crippen LogP contribution in [0.15, 0.2) is 30.6 Å². The largest absolute Gasteiger partial charge is 0.326 e. The summed E-state index contributed by atoms with van der Waals surface area (Å²) in [5.74, 6) is 0.733. The van der Waals surface area contributed by atoms with Crippen LogP contribution in [0.3, 0.4) is 0 Å². The van der Waals surface area contributed by atoms with Crippen molar-refractivity contribution in [2.45, 2.75) is 13.3 Å². The Labute approximate surface area is 92.9 Å². The lowest BCUT2D eigenvalue weighted by molar-refractivity contribution is -0.114. The molecule has 5 nitrogen and oxygen atoms in total. The van der Waals surface area contributed by atoms with Crippen LogP contribution >= 0.6 is 0 Å². The number of carbonyl (C=O) groups is 1. The molecule has 5 heteroatoms. The molecule has 1 heterocycles. The van der Waals surface area contributed by atoms with Crippen molar-refractivity contribution in [1.82, 2.24) is 15.2 Å². The van der Waals surface area contributed by atoms with Crippen LogP contribution in [-0.2, 0) is 11.2 Å². The van der Waals surface area contributed by atoms with Crippen LogP contribution in [0.1, 0.15) is 18.3 Å². The number of hydrogen-bond acceptors (Lipinski definition) is 3. The Kier molecular flexibility index (Phi) is 2.95. The van der Waals surface area contributed by atoms with Crippen molar-refractivity contribution in [3.05, 3.63) is 42.0 Å². The van der Waals surface area contributed by atoms with Gasteiger partial charge in [0.05, 0.1) is 0 Å². The molecule has 0 unspecified atom stereocenters. The normalized spacial score (nSPS) is 10.1. The summed E-state index contributed by atoms with van der Waals surface area (Å²) in [6.45, 7) is 1.49. The van der Waals surface area contributed by atoms with Gasteiger partial charge < -0.3 is 5.32 Å². The predicted octanol–water partition coefficient (Wildman–Crippen LogP) is 1.35. The van der Waals surface area contributed by atoms with E-state index in [2.05, 4.69) is 20.5 Å². The van der Waals surface area contributed by atoms with E-state index in [4.69, 9.17) is 0 Å². The van der Waals surface area contributed by atoms with E-state index in [1.165, 1.54) is 13.3 Å². The first-order valence-corrected chi connectivity index (χ1v) is 4.95. The van der Waals surface area contributed by atoms with Gasteiger partial charge in [0.2, 0.25) is 5.91 Å². The van der Waals surface area contributed by atoms with Gasteiger partial charge in [0.15, 0.2) is 0 Å². The van der Waals surface area contributed by atoms with Crippen molar-refractivity contribution in [1.29, 1.82) is 0 Å². The molecule has 1 amide bonds. The van der Waals surface area contributed by atoms with E-state index in [1.807, 2.05) is 24.3 Å². The average Bonchev–Trinajstić information content (AvgIpc) is 2.70. The molecule has 0 aliphatic heterocycles. The van der Waals surface area contributed by atoms with Gasteiger partial charge in [-0.1, -0.05) is 12.1 Å². The second-order valence-corrected chi connectivity index (χ2v) is 3.49. The van der Waals surface area contributed by atoms with Gasteiger partial charge in [0.1, 0.15) is 12.2 Å². The highest BCUT2D eigenvalue weighted by atomic mass is 16.1. The lowest BCUT2D eigenvalue weighted by Gasteiger charge is -2.04. The number of hydrogen-bond donors (Lipinski definition) is 2. The van der Waals surface area contributed by atoms with Crippen molar-refractivity contribution in [3.63, 3.8) is 0 Å². The molecule has 1 aromatic heterocycles. The Morgan fingerprint density at radius 3 is 3.06 bits per heavy atom. The van der Waals surface area contributed by atoms with Gasteiger partial charge in [-0.3, -0.25) is 9.89 Å². The number of benzene rings is 1. The molecule has 1 aromatic carbocycles. The minimum absolute atomic E-state index is 0.0724. The van der Waals surface area contributed by atoms with Crippen molar-refractivity contribution in [2.75, 3.05) is 5.32 Å². The SMILES string of the molecule is CC(=O)Nc1cccc(Cc2ncn[nH]2)c1. The summed E-state index contributed by atoms with van der Waals surface area (Å²) in [6, 6.07) is 7.65. The lowest BCUT2D eigenvalue weighted by atomic mass is 10.1. The molecule has 0 atom stereocenters. The number of aromatic nitrogens is 3. The van der Waals surface area contributed by atoms with Gasteiger partial charge in [-0.15, -0.1) is 0 Å². The Bertz CT molecular complexity index is 478. The van der Waals surface area contributed by atoms with Crippen LogP contribution in [0.2, 0.25) is 0 Å². The van der Waals surface area contributed by atoms with E-state index in [1.54, 1.807) is 0 Å². The Morgan fingerprint density at radius 1 is 1.50 bits per heavy atom. The van der Waals surface area contributed by atoms with Crippen molar-refractivity contribution < 1.29 is 4.79 Å². The summed E-state index contributed by atoms with van der Waals surface area (Å²) in [6.07, 6.45) is 2.15. The van der Waals surface area contributed by atoms with Crippen molar-refractivity contribution in [2.24, 2.45) is 0 Å². The molecule has 2 aromatic rings. The highest BCUT2D eigenvalue weighted by Gasteiger charge is 2.01. The molecule has 0 bridgehead atoms. The van der Waals surface area contributed by atoms with Gasteiger partial charge in [0.25, 0.3) is 0 Å². The second-order valence-electron chi connectivity index (χ2n) is 3.49. The molecule has 0 saturated heterocycles. The average molecular weight is 216 g/mol.